The molecule has 2 saturated carbocycles. The highest BCUT2D eigenvalue weighted by molar-refractivity contribution is 5.85. The van der Waals surface area contributed by atoms with Crippen molar-refractivity contribution in [2.24, 2.45) is 39.4 Å². The predicted molar refractivity (Wildman–Crippen MR) is 136 cm³/mol. The Kier molecular flexibility index (Phi) is 6.30. The van der Waals surface area contributed by atoms with Crippen LogP contribution in [0.5, 0.6) is 0 Å². The van der Waals surface area contributed by atoms with Crippen LogP contribution in [0.25, 0.3) is 0 Å². The number of allylic oxidation sites excluding steroid dienone is 4. The molecule has 3 N–H and O–H groups in total. The first-order chi connectivity index (χ1) is 15.7. The number of aliphatic hydroxyl groups excluding tert-OH is 2. The molecular formula is C30H46O4. The van der Waals surface area contributed by atoms with Crippen LogP contribution in [0.3, 0.4) is 0 Å². The molecule has 0 aromatic heterocycles. The van der Waals surface area contributed by atoms with Crippen molar-refractivity contribution in [2.75, 3.05) is 0 Å². The smallest absolute Gasteiger partial charge is 0.331 e. The van der Waals surface area contributed by atoms with Gasteiger partial charge in [0.25, 0.3) is 0 Å². The van der Waals surface area contributed by atoms with Crippen LogP contribution in [0.1, 0.15) is 93.4 Å². The molecule has 4 aliphatic carbocycles. The molecule has 4 aliphatic rings. The van der Waals surface area contributed by atoms with E-state index in [1.165, 1.54) is 6.08 Å². The first-order valence-electron chi connectivity index (χ1n) is 13.4. The normalized spacial score (nSPS) is 43.1. The molecule has 0 aromatic carbocycles. The summed E-state index contributed by atoms with van der Waals surface area (Å²) in [4.78, 5) is 11.2. The molecule has 4 rings (SSSR count). The minimum atomic E-state index is -0.966. The van der Waals surface area contributed by atoms with Crippen molar-refractivity contribution in [3.63, 3.8) is 0 Å². The van der Waals surface area contributed by atoms with Crippen LogP contribution < -0.4 is 0 Å². The van der Waals surface area contributed by atoms with Crippen LogP contribution in [0, 0.1) is 39.4 Å². The van der Waals surface area contributed by atoms with Crippen molar-refractivity contribution in [1.82, 2.24) is 0 Å². The van der Waals surface area contributed by atoms with Crippen LogP contribution in [-0.4, -0.2) is 33.5 Å². The van der Waals surface area contributed by atoms with Gasteiger partial charge in [0.15, 0.2) is 0 Å². The molecule has 8 atom stereocenters. The van der Waals surface area contributed by atoms with E-state index in [2.05, 4.69) is 53.7 Å². The first-order valence-corrected chi connectivity index (χ1v) is 13.4. The fourth-order valence-corrected chi connectivity index (χ4v) is 8.92. The number of carboxylic acid groups (broad SMARTS) is 1. The third-order valence-electron chi connectivity index (χ3n) is 11.4. The Balaban J connectivity index is 1.63. The molecule has 0 aromatic rings. The van der Waals surface area contributed by atoms with E-state index >= 15 is 0 Å². The average molecular weight is 471 g/mol. The van der Waals surface area contributed by atoms with Gasteiger partial charge in [-0.2, -0.15) is 0 Å². The van der Waals surface area contributed by atoms with Gasteiger partial charge < -0.3 is 15.3 Å². The molecule has 4 heteroatoms. The second-order valence-electron chi connectivity index (χ2n) is 13.4. The molecule has 0 radical (unpaired) electrons. The molecular weight excluding hydrogens is 424 g/mol. The lowest BCUT2D eigenvalue weighted by atomic mass is 9.44. The second-order valence-corrected chi connectivity index (χ2v) is 13.4. The summed E-state index contributed by atoms with van der Waals surface area (Å²) in [6.45, 7) is 15.7. The van der Waals surface area contributed by atoms with E-state index in [4.69, 9.17) is 5.11 Å². The maximum absolute atomic E-state index is 11.2. The molecule has 4 nitrogen and oxygen atoms in total. The molecule has 0 unspecified atom stereocenters. The quantitative estimate of drug-likeness (QED) is 0.413. The SMILES string of the molecule is C/C(=C\[C@H](O)C[C@@H](C)[C@H]1CC[C@@]2(C)C3=CC[C@H]4C(C)(C)[C@@H](O)CC[C@]4(C)C3=CC[C@]12C)C(=O)O. The number of carboxylic acids is 1. The van der Waals surface area contributed by atoms with Crippen molar-refractivity contribution >= 4 is 5.97 Å². The van der Waals surface area contributed by atoms with E-state index in [1.807, 2.05) is 0 Å². The fourth-order valence-electron chi connectivity index (χ4n) is 8.92. The van der Waals surface area contributed by atoms with Gasteiger partial charge in [0.05, 0.1) is 12.2 Å². The number of aliphatic hydroxyl groups is 2. The zero-order chi connectivity index (χ0) is 25.3. The highest BCUT2D eigenvalue weighted by atomic mass is 16.4. The lowest BCUT2D eigenvalue weighted by molar-refractivity contribution is -0.132. The van der Waals surface area contributed by atoms with Crippen molar-refractivity contribution < 1.29 is 20.1 Å². The minimum absolute atomic E-state index is 0.0814. The van der Waals surface area contributed by atoms with Gasteiger partial charge in [-0.15, -0.1) is 0 Å². The van der Waals surface area contributed by atoms with E-state index in [1.54, 1.807) is 18.1 Å². The number of fused-ring (bicyclic) bond motifs is 5. The summed E-state index contributed by atoms with van der Waals surface area (Å²) < 4.78 is 0. The molecule has 0 amide bonds. The zero-order valence-electron chi connectivity index (χ0n) is 22.3. The number of aliphatic carboxylic acids is 1. The van der Waals surface area contributed by atoms with Crippen molar-refractivity contribution in [3.8, 4) is 0 Å². The second kappa shape index (κ2) is 8.34. The summed E-state index contributed by atoms with van der Waals surface area (Å²) in [5.41, 5.74) is 3.60. The summed E-state index contributed by atoms with van der Waals surface area (Å²) >= 11 is 0. The number of hydrogen-bond donors (Lipinski definition) is 3. The summed E-state index contributed by atoms with van der Waals surface area (Å²) in [6.07, 6.45) is 12.5. The van der Waals surface area contributed by atoms with Gasteiger partial charge in [-0.25, -0.2) is 4.79 Å². The third-order valence-corrected chi connectivity index (χ3v) is 11.4. The van der Waals surface area contributed by atoms with E-state index in [9.17, 15) is 15.0 Å². The van der Waals surface area contributed by atoms with Gasteiger partial charge in [0, 0.05) is 5.57 Å². The van der Waals surface area contributed by atoms with Crippen molar-refractivity contribution in [1.29, 1.82) is 0 Å². The highest BCUT2D eigenvalue weighted by Gasteiger charge is 2.63. The standard InChI is InChI=1S/C30H46O4/c1-18(16-20(31)17-19(2)26(33)34)21-10-14-30(7)23-8-9-24-27(3,4)25(32)12-13-28(24,5)22(23)11-15-29(21,30)6/h8,11,17-18,20-21,24-25,31-32H,9-10,12-16H2,1-7H3,(H,33,34)/b19-17+/t18-,20-,21-,24+,25+,28-,29-,30+/m1/s1. The van der Waals surface area contributed by atoms with Crippen molar-refractivity contribution in [2.45, 2.75) is 106 Å². The van der Waals surface area contributed by atoms with E-state index in [0.29, 0.717) is 24.2 Å². The number of hydrogen-bond acceptors (Lipinski definition) is 3. The fraction of sp³-hybridized carbons (Fsp3) is 0.767. The number of carbonyl (C=O) groups is 1. The highest BCUT2D eigenvalue weighted by Crippen LogP contribution is 2.71. The Hall–Kier alpha value is -1.39. The van der Waals surface area contributed by atoms with Crippen molar-refractivity contribution in [3.05, 3.63) is 34.9 Å². The molecule has 34 heavy (non-hydrogen) atoms. The van der Waals surface area contributed by atoms with E-state index < -0.39 is 12.1 Å². The summed E-state index contributed by atoms with van der Waals surface area (Å²) in [7, 11) is 0. The Bertz CT molecular complexity index is 941. The maximum Gasteiger partial charge on any atom is 0.331 e. The Morgan fingerprint density at radius 2 is 1.79 bits per heavy atom. The van der Waals surface area contributed by atoms with Crippen LogP contribution in [-0.2, 0) is 4.79 Å². The largest absolute Gasteiger partial charge is 0.478 e. The first kappa shape index (κ1) is 25.7. The van der Waals surface area contributed by atoms with Gasteiger partial charge in [-0.1, -0.05) is 53.7 Å². The Morgan fingerprint density at radius 3 is 2.44 bits per heavy atom. The average Bonchev–Trinajstić information content (AvgIpc) is 3.02. The van der Waals surface area contributed by atoms with Gasteiger partial charge in [-0.3, -0.25) is 0 Å². The third kappa shape index (κ3) is 3.58. The van der Waals surface area contributed by atoms with Crippen LogP contribution in [0.2, 0.25) is 0 Å². The molecule has 0 saturated heterocycles. The van der Waals surface area contributed by atoms with E-state index in [0.717, 1.165) is 38.5 Å². The van der Waals surface area contributed by atoms with Gasteiger partial charge in [-0.05, 0) is 109 Å². The Labute approximate surface area is 206 Å². The van der Waals surface area contributed by atoms with Crippen LogP contribution in [0.15, 0.2) is 34.9 Å². The van der Waals surface area contributed by atoms with Gasteiger partial charge >= 0.3 is 5.97 Å². The summed E-state index contributed by atoms with van der Waals surface area (Å²) in [5.74, 6) is 0.291. The van der Waals surface area contributed by atoms with Crippen LogP contribution in [0.4, 0.5) is 0 Å². The zero-order valence-corrected chi connectivity index (χ0v) is 22.3. The monoisotopic (exact) mass is 470 g/mol. The lowest BCUT2D eigenvalue weighted by Gasteiger charge is -2.61. The summed E-state index contributed by atoms with van der Waals surface area (Å²) in [5, 5.41) is 30.5. The minimum Gasteiger partial charge on any atom is -0.478 e. The predicted octanol–water partition coefficient (Wildman–Crippen LogP) is 6.29. The van der Waals surface area contributed by atoms with Crippen LogP contribution >= 0.6 is 0 Å². The van der Waals surface area contributed by atoms with Gasteiger partial charge in [0.1, 0.15) is 0 Å². The maximum atomic E-state index is 11.2. The summed E-state index contributed by atoms with van der Waals surface area (Å²) in [6, 6.07) is 0. The molecule has 2 fully saturated rings. The molecule has 0 bridgehead atoms. The molecule has 190 valence electrons. The molecule has 0 heterocycles. The van der Waals surface area contributed by atoms with Gasteiger partial charge in [0.2, 0.25) is 0 Å². The topological polar surface area (TPSA) is 77.8 Å². The lowest BCUT2D eigenvalue weighted by Crippen LogP contribution is -2.54. The Morgan fingerprint density at radius 1 is 1.12 bits per heavy atom. The number of rotatable bonds is 5. The molecule has 0 spiro atoms. The van der Waals surface area contributed by atoms with E-state index in [-0.39, 0.29) is 33.3 Å². The molecule has 0 aliphatic heterocycles.